The zero-order chi connectivity index (χ0) is 19.3. The van der Waals surface area contributed by atoms with Crippen molar-refractivity contribution < 1.29 is 18.8 Å². The highest BCUT2D eigenvalue weighted by Gasteiger charge is 2.14. The average Bonchev–Trinajstić information content (AvgIpc) is 2.91. The lowest BCUT2D eigenvalue weighted by atomic mass is 10.1. The molecule has 140 valence electrons. The van der Waals surface area contributed by atoms with Gasteiger partial charge in [0.1, 0.15) is 5.76 Å². The number of hydrogen-bond acceptors (Lipinski definition) is 5. The maximum absolute atomic E-state index is 12.4. The Morgan fingerprint density at radius 1 is 1.38 bits per heavy atom. The predicted molar refractivity (Wildman–Crippen MR) is 101 cm³/mol. The Morgan fingerprint density at radius 3 is 2.69 bits per heavy atom. The molecule has 1 amide bonds. The summed E-state index contributed by atoms with van der Waals surface area (Å²) in [6.07, 6.45) is 3.19. The Bertz CT molecular complexity index is 795. The molecular weight excluding hydrogens is 356 g/mol. The third-order valence-corrected chi connectivity index (χ3v) is 4.19. The van der Waals surface area contributed by atoms with E-state index in [0.717, 1.165) is 22.6 Å². The number of benzene rings is 1. The molecule has 0 aliphatic rings. The molecule has 6 nitrogen and oxygen atoms in total. The van der Waals surface area contributed by atoms with Crippen molar-refractivity contribution in [2.45, 2.75) is 27.3 Å². The van der Waals surface area contributed by atoms with Crippen molar-refractivity contribution in [3.8, 4) is 11.5 Å². The minimum absolute atomic E-state index is 0.144. The summed E-state index contributed by atoms with van der Waals surface area (Å²) < 4.78 is 15.9. The van der Waals surface area contributed by atoms with Crippen LogP contribution < -0.4 is 9.47 Å². The minimum Gasteiger partial charge on any atom is -0.491 e. The quantitative estimate of drug-likeness (QED) is 0.681. The van der Waals surface area contributed by atoms with Gasteiger partial charge in [-0.15, -0.1) is 0 Å². The van der Waals surface area contributed by atoms with Crippen molar-refractivity contribution in [2.24, 2.45) is 0 Å². The van der Waals surface area contributed by atoms with Crippen LogP contribution in [0.25, 0.3) is 6.08 Å². The van der Waals surface area contributed by atoms with Crippen LogP contribution >= 0.6 is 11.6 Å². The van der Waals surface area contributed by atoms with Crippen molar-refractivity contribution in [1.29, 1.82) is 0 Å². The van der Waals surface area contributed by atoms with Gasteiger partial charge in [-0.05, 0) is 44.5 Å². The third kappa shape index (κ3) is 4.58. The smallest absolute Gasteiger partial charge is 0.246 e. The van der Waals surface area contributed by atoms with Crippen molar-refractivity contribution in [2.75, 3.05) is 20.8 Å². The third-order valence-electron chi connectivity index (χ3n) is 3.91. The molecule has 2 rings (SSSR count). The van der Waals surface area contributed by atoms with E-state index >= 15 is 0 Å². The van der Waals surface area contributed by atoms with E-state index in [-0.39, 0.29) is 5.91 Å². The van der Waals surface area contributed by atoms with E-state index in [1.807, 2.05) is 20.8 Å². The number of likely N-dealkylation sites (N-methyl/N-ethyl adjacent to an activating group) is 1. The van der Waals surface area contributed by atoms with Crippen LogP contribution in [-0.4, -0.2) is 36.7 Å². The van der Waals surface area contributed by atoms with Gasteiger partial charge in [0.2, 0.25) is 5.91 Å². The van der Waals surface area contributed by atoms with Crippen LogP contribution in [0.2, 0.25) is 5.02 Å². The summed E-state index contributed by atoms with van der Waals surface area (Å²) in [5.41, 5.74) is 2.45. The van der Waals surface area contributed by atoms with Crippen molar-refractivity contribution in [1.82, 2.24) is 10.1 Å². The lowest BCUT2D eigenvalue weighted by Gasteiger charge is -2.15. The largest absolute Gasteiger partial charge is 0.491 e. The van der Waals surface area contributed by atoms with E-state index in [9.17, 15) is 4.79 Å². The first kappa shape index (κ1) is 19.8. The number of ether oxygens (including phenoxy) is 2. The molecule has 0 aliphatic heterocycles. The van der Waals surface area contributed by atoms with E-state index in [1.165, 1.54) is 13.2 Å². The summed E-state index contributed by atoms with van der Waals surface area (Å²) in [6.45, 7) is 6.48. The standard InChI is InChI=1S/C19H23ClN2O4/c1-6-25-17-10-14(9-16(20)19(17)24-5)7-8-18(23)22(4)11-15-12(2)21-26-13(15)3/h7-10H,6,11H2,1-5H3/b8-7+. The predicted octanol–water partition coefficient (Wildman–Crippen LogP) is 4.02. The fourth-order valence-electron chi connectivity index (χ4n) is 2.48. The molecule has 0 atom stereocenters. The van der Waals surface area contributed by atoms with Crippen LogP contribution in [0.5, 0.6) is 11.5 Å². The number of aryl methyl sites for hydroxylation is 2. The number of amides is 1. The number of methoxy groups -OCH3 is 1. The average molecular weight is 379 g/mol. The van der Waals surface area contributed by atoms with Crippen LogP contribution in [0.15, 0.2) is 22.7 Å². The Labute approximate surface area is 158 Å². The zero-order valence-electron chi connectivity index (χ0n) is 15.6. The number of hydrogen-bond donors (Lipinski definition) is 0. The molecule has 0 saturated carbocycles. The highest BCUT2D eigenvalue weighted by Crippen LogP contribution is 2.36. The first-order valence-corrected chi connectivity index (χ1v) is 8.60. The van der Waals surface area contributed by atoms with E-state index in [2.05, 4.69) is 5.16 Å². The molecule has 0 spiro atoms. The van der Waals surface area contributed by atoms with Gasteiger partial charge in [-0.2, -0.15) is 0 Å². The van der Waals surface area contributed by atoms with Crippen molar-refractivity contribution in [3.05, 3.63) is 45.8 Å². The summed E-state index contributed by atoms with van der Waals surface area (Å²) >= 11 is 6.23. The SMILES string of the molecule is CCOc1cc(/C=C/C(=O)N(C)Cc2c(C)noc2C)cc(Cl)c1OC. The molecule has 1 aromatic heterocycles. The summed E-state index contributed by atoms with van der Waals surface area (Å²) in [4.78, 5) is 14.0. The lowest BCUT2D eigenvalue weighted by molar-refractivity contribution is -0.125. The Balaban J connectivity index is 2.14. The first-order chi connectivity index (χ1) is 12.4. The highest BCUT2D eigenvalue weighted by atomic mass is 35.5. The van der Waals surface area contributed by atoms with Crippen LogP contribution in [0, 0.1) is 13.8 Å². The second-order valence-electron chi connectivity index (χ2n) is 5.80. The maximum Gasteiger partial charge on any atom is 0.246 e. The Hall–Kier alpha value is -2.47. The molecule has 0 fully saturated rings. The summed E-state index contributed by atoms with van der Waals surface area (Å²) in [7, 11) is 3.26. The number of nitrogens with zero attached hydrogens (tertiary/aromatic N) is 2. The summed E-state index contributed by atoms with van der Waals surface area (Å²) in [5, 5.41) is 4.33. The Morgan fingerprint density at radius 2 is 2.12 bits per heavy atom. The van der Waals surface area contributed by atoms with E-state index < -0.39 is 0 Å². The number of aromatic nitrogens is 1. The van der Waals surface area contributed by atoms with Gasteiger partial charge in [-0.25, -0.2) is 0 Å². The van der Waals surface area contributed by atoms with Crippen molar-refractivity contribution in [3.63, 3.8) is 0 Å². The van der Waals surface area contributed by atoms with Crippen LogP contribution in [0.4, 0.5) is 0 Å². The second-order valence-corrected chi connectivity index (χ2v) is 6.20. The molecule has 0 aliphatic carbocycles. The Kier molecular flexibility index (Phi) is 6.69. The second kappa shape index (κ2) is 8.76. The van der Waals surface area contributed by atoms with Gasteiger partial charge in [0.25, 0.3) is 0 Å². The van der Waals surface area contributed by atoms with Gasteiger partial charge in [0.05, 0.1) is 31.0 Å². The van der Waals surface area contributed by atoms with Crippen molar-refractivity contribution >= 4 is 23.6 Å². The topological polar surface area (TPSA) is 64.8 Å². The van der Waals surface area contributed by atoms with Gasteiger partial charge in [0.15, 0.2) is 11.5 Å². The molecule has 0 N–H and O–H groups in total. The first-order valence-electron chi connectivity index (χ1n) is 8.22. The monoisotopic (exact) mass is 378 g/mol. The highest BCUT2D eigenvalue weighted by molar-refractivity contribution is 6.32. The molecule has 0 radical (unpaired) electrons. The lowest BCUT2D eigenvalue weighted by Crippen LogP contribution is -2.24. The molecule has 1 heterocycles. The summed E-state index contributed by atoms with van der Waals surface area (Å²) in [5.74, 6) is 1.59. The van der Waals surface area contributed by atoms with Gasteiger partial charge in [0, 0.05) is 18.7 Å². The number of halogens is 1. The fraction of sp³-hybridized carbons (Fsp3) is 0.368. The van der Waals surface area contributed by atoms with E-state index in [4.69, 9.17) is 25.6 Å². The summed E-state index contributed by atoms with van der Waals surface area (Å²) in [6, 6.07) is 3.51. The van der Waals surface area contributed by atoms with Crippen LogP contribution in [-0.2, 0) is 11.3 Å². The molecule has 1 aromatic carbocycles. The van der Waals surface area contributed by atoms with E-state index in [1.54, 1.807) is 30.2 Å². The van der Waals surface area contributed by atoms with Gasteiger partial charge >= 0.3 is 0 Å². The molecule has 0 bridgehead atoms. The molecule has 7 heteroatoms. The molecule has 26 heavy (non-hydrogen) atoms. The number of rotatable bonds is 7. The molecule has 2 aromatic rings. The van der Waals surface area contributed by atoms with Crippen LogP contribution in [0.3, 0.4) is 0 Å². The van der Waals surface area contributed by atoms with Gasteiger partial charge < -0.3 is 18.9 Å². The van der Waals surface area contributed by atoms with Gasteiger partial charge in [-0.3, -0.25) is 4.79 Å². The molecular formula is C19H23ClN2O4. The molecule has 0 unspecified atom stereocenters. The van der Waals surface area contributed by atoms with Crippen LogP contribution in [0.1, 0.15) is 29.5 Å². The normalized spacial score (nSPS) is 11.0. The number of carbonyl (C=O) groups excluding carboxylic acids is 1. The van der Waals surface area contributed by atoms with E-state index in [0.29, 0.717) is 29.7 Å². The van der Waals surface area contributed by atoms with Gasteiger partial charge in [-0.1, -0.05) is 16.8 Å². The number of carbonyl (C=O) groups is 1. The molecule has 0 saturated heterocycles. The fourth-order valence-corrected chi connectivity index (χ4v) is 2.78. The maximum atomic E-state index is 12.4. The minimum atomic E-state index is -0.144. The zero-order valence-corrected chi connectivity index (χ0v) is 16.4.